The lowest BCUT2D eigenvalue weighted by atomic mass is 9.90. The average Bonchev–Trinajstić information content (AvgIpc) is 3.12. The van der Waals surface area contributed by atoms with Crippen molar-refractivity contribution in [1.29, 1.82) is 0 Å². The van der Waals surface area contributed by atoms with Crippen LogP contribution in [-0.2, 0) is 4.79 Å². The van der Waals surface area contributed by atoms with E-state index in [2.05, 4.69) is 22.0 Å². The minimum Gasteiger partial charge on any atom is -0.496 e. The Kier molecular flexibility index (Phi) is 3.95. The molecule has 2 rings (SSSR count). The van der Waals surface area contributed by atoms with Gasteiger partial charge in [0.1, 0.15) is 5.75 Å². The average molecular weight is 313 g/mol. The number of carbonyl (C=O) groups is 1. The molecule has 0 spiro atoms. The van der Waals surface area contributed by atoms with Crippen LogP contribution in [0.5, 0.6) is 5.75 Å². The number of ether oxygens (including phenoxy) is 1. The Morgan fingerprint density at radius 3 is 2.72 bits per heavy atom. The SMILES string of the molecule is COc1cc(C)cc(C(CC(=O)O)C2CC2)c1Br. The maximum atomic E-state index is 11.0. The monoisotopic (exact) mass is 312 g/mol. The molecule has 1 aromatic carbocycles. The van der Waals surface area contributed by atoms with Crippen molar-refractivity contribution in [3.8, 4) is 5.75 Å². The first kappa shape index (κ1) is 13.4. The predicted molar refractivity (Wildman–Crippen MR) is 73.1 cm³/mol. The van der Waals surface area contributed by atoms with Gasteiger partial charge in [-0.25, -0.2) is 0 Å². The maximum Gasteiger partial charge on any atom is 0.303 e. The summed E-state index contributed by atoms with van der Waals surface area (Å²) in [6.45, 7) is 2.00. The first-order valence-electron chi connectivity index (χ1n) is 6.08. The van der Waals surface area contributed by atoms with Gasteiger partial charge in [-0.05, 0) is 64.7 Å². The zero-order valence-corrected chi connectivity index (χ0v) is 12.2. The predicted octanol–water partition coefficient (Wildman–Crippen LogP) is 3.73. The topological polar surface area (TPSA) is 46.5 Å². The molecule has 1 aromatic rings. The molecule has 0 bridgehead atoms. The van der Waals surface area contributed by atoms with E-state index >= 15 is 0 Å². The summed E-state index contributed by atoms with van der Waals surface area (Å²) < 4.78 is 6.22. The highest BCUT2D eigenvalue weighted by Gasteiger charge is 2.35. The lowest BCUT2D eigenvalue weighted by Crippen LogP contribution is -2.09. The molecule has 1 fully saturated rings. The van der Waals surface area contributed by atoms with Crippen LogP contribution < -0.4 is 4.74 Å². The fraction of sp³-hybridized carbons (Fsp3) is 0.500. The lowest BCUT2D eigenvalue weighted by molar-refractivity contribution is -0.137. The molecule has 0 aliphatic heterocycles. The van der Waals surface area contributed by atoms with E-state index in [1.54, 1.807) is 7.11 Å². The van der Waals surface area contributed by atoms with Crippen molar-refractivity contribution in [2.75, 3.05) is 7.11 Å². The molecule has 1 aliphatic rings. The molecule has 4 heteroatoms. The third kappa shape index (κ3) is 2.86. The van der Waals surface area contributed by atoms with Crippen LogP contribution in [0.4, 0.5) is 0 Å². The third-order valence-corrected chi connectivity index (χ3v) is 4.27. The Bertz CT molecular complexity index is 466. The minimum absolute atomic E-state index is 0.0886. The minimum atomic E-state index is -0.737. The number of hydrogen-bond donors (Lipinski definition) is 1. The zero-order chi connectivity index (χ0) is 13.3. The largest absolute Gasteiger partial charge is 0.496 e. The molecular formula is C14H17BrO3. The summed E-state index contributed by atoms with van der Waals surface area (Å²) in [7, 11) is 1.63. The van der Waals surface area contributed by atoms with Gasteiger partial charge in [-0.15, -0.1) is 0 Å². The van der Waals surface area contributed by atoms with Gasteiger partial charge in [-0.1, -0.05) is 6.07 Å². The highest BCUT2D eigenvalue weighted by molar-refractivity contribution is 9.10. The van der Waals surface area contributed by atoms with E-state index in [4.69, 9.17) is 9.84 Å². The number of carboxylic acids is 1. The Labute approximate surface area is 115 Å². The Morgan fingerprint density at radius 1 is 1.56 bits per heavy atom. The number of benzene rings is 1. The van der Waals surface area contributed by atoms with E-state index in [1.165, 1.54) is 0 Å². The Balaban J connectivity index is 2.40. The Morgan fingerprint density at radius 2 is 2.22 bits per heavy atom. The van der Waals surface area contributed by atoms with Gasteiger partial charge in [0, 0.05) is 0 Å². The van der Waals surface area contributed by atoms with Crippen molar-refractivity contribution in [1.82, 2.24) is 0 Å². The summed E-state index contributed by atoms with van der Waals surface area (Å²) in [6, 6.07) is 4.02. The molecule has 98 valence electrons. The number of hydrogen-bond acceptors (Lipinski definition) is 2. The molecule has 1 atom stereocenters. The number of carboxylic acid groups (broad SMARTS) is 1. The molecule has 3 nitrogen and oxygen atoms in total. The van der Waals surface area contributed by atoms with Gasteiger partial charge in [0.2, 0.25) is 0 Å². The van der Waals surface area contributed by atoms with Crippen molar-refractivity contribution in [3.05, 3.63) is 27.7 Å². The van der Waals surface area contributed by atoms with Crippen molar-refractivity contribution in [3.63, 3.8) is 0 Å². The maximum absolute atomic E-state index is 11.0. The van der Waals surface area contributed by atoms with E-state index < -0.39 is 5.97 Å². The highest BCUT2D eigenvalue weighted by atomic mass is 79.9. The van der Waals surface area contributed by atoms with Crippen LogP contribution in [-0.4, -0.2) is 18.2 Å². The first-order chi connectivity index (χ1) is 8.52. The van der Waals surface area contributed by atoms with Gasteiger partial charge in [-0.2, -0.15) is 0 Å². The summed E-state index contributed by atoms with van der Waals surface area (Å²) in [5.41, 5.74) is 2.16. The molecular weight excluding hydrogens is 296 g/mol. The van der Waals surface area contributed by atoms with Gasteiger partial charge < -0.3 is 9.84 Å². The molecule has 1 N–H and O–H groups in total. The molecule has 18 heavy (non-hydrogen) atoms. The van der Waals surface area contributed by atoms with Crippen LogP contribution >= 0.6 is 15.9 Å². The molecule has 0 heterocycles. The van der Waals surface area contributed by atoms with Gasteiger partial charge >= 0.3 is 5.97 Å². The second-order valence-corrected chi connectivity index (χ2v) is 5.71. The summed E-state index contributed by atoms with van der Waals surface area (Å²) in [5.74, 6) is 0.634. The summed E-state index contributed by atoms with van der Waals surface area (Å²) in [5, 5.41) is 9.06. The lowest BCUT2D eigenvalue weighted by Gasteiger charge is -2.19. The van der Waals surface area contributed by atoms with Gasteiger partial charge in [0.15, 0.2) is 0 Å². The first-order valence-corrected chi connectivity index (χ1v) is 6.88. The van der Waals surface area contributed by atoms with Crippen molar-refractivity contribution in [2.45, 2.75) is 32.1 Å². The van der Waals surface area contributed by atoms with Crippen molar-refractivity contribution >= 4 is 21.9 Å². The molecule has 1 saturated carbocycles. The normalized spacial score (nSPS) is 16.4. The summed E-state index contributed by atoms with van der Waals surface area (Å²) >= 11 is 3.54. The smallest absolute Gasteiger partial charge is 0.303 e. The highest BCUT2D eigenvalue weighted by Crippen LogP contribution is 2.48. The van der Waals surface area contributed by atoms with E-state index in [0.29, 0.717) is 5.92 Å². The standard InChI is InChI=1S/C14H17BrO3/c1-8-5-11(14(15)12(6-8)18-2)10(7-13(16)17)9-3-4-9/h5-6,9-10H,3-4,7H2,1-2H3,(H,16,17). The zero-order valence-electron chi connectivity index (χ0n) is 10.6. The third-order valence-electron chi connectivity index (χ3n) is 3.42. The van der Waals surface area contributed by atoms with E-state index in [9.17, 15) is 4.79 Å². The number of rotatable bonds is 5. The van der Waals surface area contributed by atoms with Crippen LogP contribution in [0.3, 0.4) is 0 Å². The molecule has 0 saturated heterocycles. The van der Waals surface area contributed by atoms with Crippen LogP contribution in [0.25, 0.3) is 0 Å². The molecule has 1 unspecified atom stereocenters. The van der Waals surface area contributed by atoms with E-state index in [1.807, 2.05) is 13.0 Å². The second kappa shape index (κ2) is 5.31. The van der Waals surface area contributed by atoms with E-state index in [-0.39, 0.29) is 12.3 Å². The Hall–Kier alpha value is -1.03. The van der Waals surface area contributed by atoms with Crippen LogP contribution in [0, 0.1) is 12.8 Å². The quantitative estimate of drug-likeness (QED) is 0.901. The fourth-order valence-corrected chi connectivity index (χ4v) is 3.08. The van der Waals surface area contributed by atoms with Crippen LogP contribution in [0.1, 0.15) is 36.3 Å². The van der Waals surface area contributed by atoms with E-state index in [0.717, 1.165) is 34.2 Å². The van der Waals surface area contributed by atoms with Crippen LogP contribution in [0.15, 0.2) is 16.6 Å². The number of aryl methyl sites for hydroxylation is 1. The number of methoxy groups -OCH3 is 1. The number of aliphatic carboxylic acids is 1. The molecule has 0 aromatic heterocycles. The van der Waals surface area contributed by atoms with Crippen LogP contribution in [0.2, 0.25) is 0 Å². The van der Waals surface area contributed by atoms with Crippen molar-refractivity contribution < 1.29 is 14.6 Å². The van der Waals surface area contributed by atoms with Gasteiger partial charge in [0.05, 0.1) is 18.0 Å². The fourth-order valence-electron chi connectivity index (χ4n) is 2.40. The molecule has 1 aliphatic carbocycles. The molecule has 0 radical (unpaired) electrons. The van der Waals surface area contributed by atoms with Gasteiger partial charge in [0.25, 0.3) is 0 Å². The van der Waals surface area contributed by atoms with Crippen molar-refractivity contribution in [2.24, 2.45) is 5.92 Å². The second-order valence-electron chi connectivity index (χ2n) is 4.91. The van der Waals surface area contributed by atoms with Gasteiger partial charge in [-0.3, -0.25) is 4.79 Å². The summed E-state index contributed by atoms with van der Waals surface area (Å²) in [4.78, 5) is 11.0. The molecule has 0 amide bonds. The number of halogens is 1. The summed E-state index contributed by atoms with van der Waals surface area (Å²) in [6.07, 6.45) is 2.44.